The number of para-hydroxylation sites is 1. The molecule has 0 fully saturated rings. The summed E-state index contributed by atoms with van der Waals surface area (Å²) in [4.78, 5) is 1.20. The first kappa shape index (κ1) is 12.3. The molecule has 1 aromatic carbocycles. The topological polar surface area (TPSA) is 47.3 Å². The van der Waals surface area contributed by atoms with Gasteiger partial charge in [-0.05, 0) is 19.1 Å². The van der Waals surface area contributed by atoms with Gasteiger partial charge in [0.05, 0.1) is 6.04 Å². The van der Waals surface area contributed by atoms with Crippen LogP contribution in [0.15, 0.2) is 29.2 Å². The van der Waals surface area contributed by atoms with Crippen molar-refractivity contribution >= 4 is 11.8 Å². The van der Waals surface area contributed by atoms with Gasteiger partial charge in [-0.3, -0.25) is 11.3 Å². The standard InChI is InChI=1S/C13H16N2OS/c1-2-3-6-10(15-14)12-9-17-13-8-5-4-7-11(13)16-12/h4-5,7-8,10,12,15H,6,9,14H2,1H3. The summed E-state index contributed by atoms with van der Waals surface area (Å²) in [5.41, 5.74) is 2.80. The number of rotatable bonds is 3. The summed E-state index contributed by atoms with van der Waals surface area (Å²) >= 11 is 1.81. The third-order valence-electron chi connectivity index (χ3n) is 2.69. The van der Waals surface area contributed by atoms with Crippen LogP contribution in [0, 0.1) is 11.8 Å². The molecule has 2 atom stereocenters. The molecule has 90 valence electrons. The molecule has 3 N–H and O–H groups in total. The van der Waals surface area contributed by atoms with Crippen LogP contribution in [-0.4, -0.2) is 17.9 Å². The summed E-state index contributed by atoms with van der Waals surface area (Å²) < 4.78 is 5.95. The highest BCUT2D eigenvalue weighted by Crippen LogP contribution is 2.35. The predicted octanol–water partition coefficient (Wildman–Crippen LogP) is 1.79. The molecule has 2 rings (SSSR count). The molecular weight excluding hydrogens is 232 g/mol. The number of nitrogens with two attached hydrogens (primary N) is 1. The van der Waals surface area contributed by atoms with Gasteiger partial charge in [-0.2, -0.15) is 0 Å². The van der Waals surface area contributed by atoms with Crippen molar-refractivity contribution in [1.82, 2.24) is 5.43 Å². The van der Waals surface area contributed by atoms with E-state index >= 15 is 0 Å². The monoisotopic (exact) mass is 248 g/mol. The van der Waals surface area contributed by atoms with Crippen LogP contribution in [0.5, 0.6) is 5.75 Å². The van der Waals surface area contributed by atoms with Crippen LogP contribution in [-0.2, 0) is 0 Å². The molecule has 4 heteroatoms. The van der Waals surface area contributed by atoms with Gasteiger partial charge in [0.25, 0.3) is 0 Å². The largest absolute Gasteiger partial charge is 0.487 e. The Balaban J connectivity index is 2.07. The third-order valence-corrected chi connectivity index (χ3v) is 3.84. The van der Waals surface area contributed by atoms with Crippen LogP contribution in [0.3, 0.4) is 0 Å². The molecule has 0 saturated heterocycles. The van der Waals surface area contributed by atoms with Crippen LogP contribution in [0.1, 0.15) is 13.3 Å². The maximum atomic E-state index is 5.95. The van der Waals surface area contributed by atoms with Gasteiger partial charge in [0.2, 0.25) is 0 Å². The molecule has 0 radical (unpaired) electrons. The summed E-state index contributed by atoms with van der Waals surface area (Å²) in [6.07, 6.45) is 0.779. The van der Waals surface area contributed by atoms with Crippen LogP contribution in [0.4, 0.5) is 0 Å². The number of ether oxygens (including phenoxy) is 1. The van der Waals surface area contributed by atoms with Crippen molar-refractivity contribution in [3.8, 4) is 17.6 Å². The Morgan fingerprint density at radius 2 is 2.41 bits per heavy atom. The van der Waals surface area contributed by atoms with Gasteiger partial charge in [-0.1, -0.05) is 12.1 Å². The molecule has 0 amide bonds. The van der Waals surface area contributed by atoms with Crippen molar-refractivity contribution in [2.24, 2.45) is 5.84 Å². The van der Waals surface area contributed by atoms with E-state index in [-0.39, 0.29) is 12.1 Å². The van der Waals surface area contributed by atoms with Crippen molar-refractivity contribution in [2.75, 3.05) is 5.75 Å². The van der Waals surface area contributed by atoms with Gasteiger partial charge in [0, 0.05) is 17.1 Å². The highest BCUT2D eigenvalue weighted by Gasteiger charge is 2.26. The first-order valence-electron chi connectivity index (χ1n) is 5.59. The van der Waals surface area contributed by atoms with Gasteiger partial charge in [0.15, 0.2) is 0 Å². The zero-order valence-corrected chi connectivity index (χ0v) is 10.6. The molecule has 0 aliphatic carbocycles. The number of benzene rings is 1. The first-order chi connectivity index (χ1) is 8.35. The fourth-order valence-electron chi connectivity index (χ4n) is 1.74. The fourth-order valence-corrected chi connectivity index (χ4v) is 2.82. The lowest BCUT2D eigenvalue weighted by molar-refractivity contribution is 0.168. The molecule has 0 bridgehead atoms. The van der Waals surface area contributed by atoms with Crippen LogP contribution in [0.25, 0.3) is 0 Å². The molecule has 1 aliphatic rings. The highest BCUT2D eigenvalue weighted by atomic mass is 32.2. The molecule has 3 nitrogen and oxygen atoms in total. The predicted molar refractivity (Wildman–Crippen MR) is 70.8 cm³/mol. The van der Waals surface area contributed by atoms with Gasteiger partial charge in [-0.15, -0.1) is 23.6 Å². The Morgan fingerprint density at radius 1 is 1.59 bits per heavy atom. The normalized spacial score (nSPS) is 19.5. The second-order valence-corrected chi connectivity index (χ2v) is 4.88. The minimum absolute atomic E-state index is 0.0701. The van der Waals surface area contributed by atoms with Crippen LogP contribution >= 0.6 is 11.8 Å². The van der Waals surface area contributed by atoms with Crippen molar-refractivity contribution in [1.29, 1.82) is 0 Å². The quantitative estimate of drug-likeness (QED) is 0.486. The number of thioether (sulfide) groups is 1. The molecular formula is C13H16N2OS. The van der Waals surface area contributed by atoms with E-state index in [0.717, 1.165) is 11.5 Å². The molecule has 17 heavy (non-hydrogen) atoms. The maximum absolute atomic E-state index is 5.95. The number of hydrogen-bond donors (Lipinski definition) is 2. The van der Waals surface area contributed by atoms with E-state index in [1.807, 2.05) is 25.1 Å². The Bertz CT molecular complexity index is 439. The number of hydrazine groups is 1. The first-order valence-corrected chi connectivity index (χ1v) is 6.58. The second kappa shape index (κ2) is 5.97. The molecule has 1 aliphatic heterocycles. The molecule has 0 saturated carbocycles. The Labute approximate surface area is 106 Å². The number of nitrogens with one attached hydrogen (secondary N) is 1. The number of fused-ring (bicyclic) bond motifs is 1. The Morgan fingerprint density at radius 3 is 3.18 bits per heavy atom. The van der Waals surface area contributed by atoms with Crippen LogP contribution in [0.2, 0.25) is 0 Å². The Hall–Kier alpha value is -1.15. The van der Waals surface area contributed by atoms with E-state index < -0.39 is 0 Å². The maximum Gasteiger partial charge on any atom is 0.133 e. The summed E-state index contributed by atoms with van der Waals surface area (Å²) in [6, 6.07) is 8.15. The lowest BCUT2D eigenvalue weighted by atomic mass is 10.1. The molecule has 1 aromatic rings. The van der Waals surface area contributed by atoms with Crippen molar-refractivity contribution in [3.05, 3.63) is 24.3 Å². The van der Waals surface area contributed by atoms with Gasteiger partial charge in [-0.25, -0.2) is 0 Å². The van der Waals surface area contributed by atoms with E-state index in [9.17, 15) is 0 Å². The van der Waals surface area contributed by atoms with E-state index in [1.54, 1.807) is 11.8 Å². The minimum atomic E-state index is 0.0701. The van der Waals surface area contributed by atoms with Crippen molar-refractivity contribution in [2.45, 2.75) is 30.4 Å². The molecule has 0 spiro atoms. The summed E-state index contributed by atoms with van der Waals surface area (Å²) in [7, 11) is 0. The number of hydrogen-bond acceptors (Lipinski definition) is 4. The SMILES string of the molecule is CC#CCC(NN)C1CSc2ccccc2O1. The van der Waals surface area contributed by atoms with E-state index in [4.69, 9.17) is 10.6 Å². The minimum Gasteiger partial charge on any atom is -0.487 e. The summed E-state index contributed by atoms with van der Waals surface area (Å²) in [6.45, 7) is 1.83. The van der Waals surface area contributed by atoms with Gasteiger partial charge in [0.1, 0.15) is 11.9 Å². The van der Waals surface area contributed by atoms with E-state index in [0.29, 0.717) is 6.42 Å². The Kier molecular flexibility index (Phi) is 4.32. The zero-order valence-electron chi connectivity index (χ0n) is 9.77. The fraction of sp³-hybridized carbons (Fsp3) is 0.385. The average Bonchev–Trinajstić information content (AvgIpc) is 2.39. The molecule has 1 heterocycles. The lowest BCUT2D eigenvalue weighted by Crippen LogP contribution is -2.48. The average molecular weight is 248 g/mol. The lowest BCUT2D eigenvalue weighted by Gasteiger charge is -2.30. The van der Waals surface area contributed by atoms with E-state index in [1.165, 1.54) is 4.90 Å². The van der Waals surface area contributed by atoms with Gasteiger partial charge < -0.3 is 4.74 Å². The van der Waals surface area contributed by atoms with Crippen molar-refractivity contribution < 1.29 is 4.74 Å². The highest BCUT2D eigenvalue weighted by molar-refractivity contribution is 7.99. The smallest absolute Gasteiger partial charge is 0.133 e. The van der Waals surface area contributed by atoms with Crippen molar-refractivity contribution in [3.63, 3.8) is 0 Å². The van der Waals surface area contributed by atoms with Gasteiger partial charge >= 0.3 is 0 Å². The molecule has 2 unspecified atom stereocenters. The zero-order chi connectivity index (χ0) is 12.1. The third kappa shape index (κ3) is 2.95. The molecule has 0 aromatic heterocycles. The summed E-state index contributed by atoms with van der Waals surface area (Å²) in [5.74, 6) is 13.3. The van der Waals surface area contributed by atoms with Crippen LogP contribution < -0.4 is 16.0 Å². The van der Waals surface area contributed by atoms with E-state index in [2.05, 4.69) is 23.3 Å². The summed E-state index contributed by atoms with van der Waals surface area (Å²) in [5, 5.41) is 0. The second-order valence-electron chi connectivity index (χ2n) is 3.82.